The summed E-state index contributed by atoms with van der Waals surface area (Å²) < 4.78 is 7.37. The van der Waals surface area contributed by atoms with E-state index >= 15 is 0 Å². The minimum atomic E-state index is -0.0530. The third-order valence-corrected chi connectivity index (χ3v) is 3.92. The number of aromatic nitrogens is 1. The minimum Gasteiger partial charge on any atom is -0.381 e. The molecule has 88 valence electrons. The van der Waals surface area contributed by atoms with Crippen molar-refractivity contribution in [3.8, 4) is 0 Å². The normalized spacial score (nSPS) is 23.1. The van der Waals surface area contributed by atoms with Gasteiger partial charge in [-0.2, -0.15) is 0 Å². The second-order valence-corrected chi connectivity index (χ2v) is 5.79. The second kappa shape index (κ2) is 5.58. The summed E-state index contributed by atoms with van der Waals surface area (Å²) in [6.07, 6.45) is 3.99. The summed E-state index contributed by atoms with van der Waals surface area (Å²) >= 11 is 6.88. The van der Waals surface area contributed by atoms with E-state index in [0.29, 0.717) is 5.92 Å². The van der Waals surface area contributed by atoms with Crippen molar-refractivity contribution in [2.24, 2.45) is 11.7 Å². The molecule has 1 aliphatic heterocycles. The summed E-state index contributed by atoms with van der Waals surface area (Å²) in [5.74, 6) is 0.374. The van der Waals surface area contributed by atoms with Crippen LogP contribution in [0, 0.1) is 5.92 Å². The van der Waals surface area contributed by atoms with Gasteiger partial charge in [0, 0.05) is 27.7 Å². The molecule has 1 aromatic heterocycles. The van der Waals surface area contributed by atoms with Crippen LogP contribution in [0.3, 0.4) is 0 Å². The molecule has 1 saturated heterocycles. The van der Waals surface area contributed by atoms with Gasteiger partial charge < -0.3 is 10.5 Å². The van der Waals surface area contributed by atoms with Crippen LogP contribution in [-0.4, -0.2) is 18.2 Å². The molecule has 0 aromatic carbocycles. The Hall–Kier alpha value is 0.0300. The van der Waals surface area contributed by atoms with Crippen molar-refractivity contribution >= 4 is 31.9 Å². The van der Waals surface area contributed by atoms with Gasteiger partial charge in [0.1, 0.15) is 0 Å². The number of pyridine rings is 1. The lowest BCUT2D eigenvalue weighted by Crippen LogP contribution is -2.29. The van der Waals surface area contributed by atoms with Gasteiger partial charge in [0.2, 0.25) is 0 Å². The standard InChI is InChI=1S/C11H14Br2N2O/c12-8-4-9(13)11(15-5-8)10(14)7-2-1-3-16-6-7/h4-5,7,10H,1-3,6,14H2. The highest BCUT2D eigenvalue weighted by Gasteiger charge is 2.24. The number of rotatable bonds is 2. The third kappa shape index (κ3) is 2.83. The van der Waals surface area contributed by atoms with E-state index in [9.17, 15) is 0 Å². The molecule has 5 heteroatoms. The summed E-state index contributed by atoms with van der Waals surface area (Å²) in [7, 11) is 0. The first-order valence-corrected chi connectivity index (χ1v) is 6.91. The van der Waals surface area contributed by atoms with Crippen molar-refractivity contribution in [2.45, 2.75) is 18.9 Å². The monoisotopic (exact) mass is 348 g/mol. The first-order chi connectivity index (χ1) is 7.68. The zero-order valence-electron chi connectivity index (χ0n) is 8.83. The van der Waals surface area contributed by atoms with Crippen LogP contribution in [0.4, 0.5) is 0 Å². The van der Waals surface area contributed by atoms with Crippen LogP contribution in [-0.2, 0) is 4.74 Å². The maximum Gasteiger partial charge on any atom is 0.0717 e. The van der Waals surface area contributed by atoms with E-state index in [1.807, 2.05) is 6.07 Å². The third-order valence-electron chi connectivity index (χ3n) is 2.86. The molecular weight excluding hydrogens is 336 g/mol. The van der Waals surface area contributed by atoms with Crippen LogP contribution in [0.1, 0.15) is 24.6 Å². The number of nitrogens with zero attached hydrogens (tertiary/aromatic N) is 1. The number of hydrogen-bond acceptors (Lipinski definition) is 3. The van der Waals surface area contributed by atoms with Crippen molar-refractivity contribution in [3.63, 3.8) is 0 Å². The molecule has 0 saturated carbocycles. The Balaban J connectivity index is 2.15. The lowest BCUT2D eigenvalue weighted by atomic mass is 9.92. The van der Waals surface area contributed by atoms with E-state index < -0.39 is 0 Å². The van der Waals surface area contributed by atoms with Crippen molar-refractivity contribution in [1.82, 2.24) is 4.98 Å². The van der Waals surface area contributed by atoms with E-state index in [-0.39, 0.29) is 6.04 Å². The van der Waals surface area contributed by atoms with Gasteiger partial charge in [-0.05, 0) is 50.8 Å². The van der Waals surface area contributed by atoms with Gasteiger partial charge in [0.15, 0.2) is 0 Å². The van der Waals surface area contributed by atoms with Crippen LogP contribution in [0.15, 0.2) is 21.2 Å². The Morgan fingerprint density at radius 2 is 2.31 bits per heavy atom. The molecule has 1 fully saturated rings. The SMILES string of the molecule is NC(c1ncc(Br)cc1Br)C1CCCOC1. The second-order valence-electron chi connectivity index (χ2n) is 4.02. The lowest BCUT2D eigenvalue weighted by molar-refractivity contribution is 0.0441. The van der Waals surface area contributed by atoms with Crippen LogP contribution in [0.2, 0.25) is 0 Å². The van der Waals surface area contributed by atoms with Gasteiger partial charge in [-0.25, -0.2) is 0 Å². The Labute approximate surface area is 112 Å². The summed E-state index contributed by atoms with van der Waals surface area (Å²) in [6, 6.07) is 1.93. The molecule has 3 nitrogen and oxygen atoms in total. The van der Waals surface area contributed by atoms with Gasteiger partial charge in [-0.3, -0.25) is 4.98 Å². The van der Waals surface area contributed by atoms with Crippen LogP contribution < -0.4 is 5.73 Å². The summed E-state index contributed by atoms with van der Waals surface area (Å²) in [4.78, 5) is 4.38. The molecule has 2 heterocycles. The van der Waals surface area contributed by atoms with Gasteiger partial charge in [-0.1, -0.05) is 0 Å². The summed E-state index contributed by atoms with van der Waals surface area (Å²) in [5.41, 5.74) is 7.15. The zero-order valence-corrected chi connectivity index (χ0v) is 12.0. The van der Waals surface area contributed by atoms with Gasteiger partial charge in [0.05, 0.1) is 18.3 Å². The maximum atomic E-state index is 6.23. The number of halogens is 2. The molecule has 0 bridgehead atoms. The van der Waals surface area contributed by atoms with Crippen LogP contribution in [0.5, 0.6) is 0 Å². The van der Waals surface area contributed by atoms with E-state index in [2.05, 4.69) is 36.8 Å². The fourth-order valence-corrected chi connectivity index (χ4v) is 3.19. The molecule has 0 radical (unpaired) electrons. The highest BCUT2D eigenvalue weighted by Crippen LogP contribution is 2.31. The molecule has 2 unspecified atom stereocenters. The highest BCUT2D eigenvalue weighted by atomic mass is 79.9. The molecule has 0 amide bonds. The van der Waals surface area contributed by atoms with Gasteiger partial charge in [-0.15, -0.1) is 0 Å². The van der Waals surface area contributed by atoms with E-state index in [0.717, 1.165) is 40.7 Å². The molecule has 0 aliphatic carbocycles. The Morgan fingerprint density at radius 1 is 1.50 bits per heavy atom. The summed E-state index contributed by atoms with van der Waals surface area (Å²) in [5, 5.41) is 0. The van der Waals surface area contributed by atoms with Crippen molar-refractivity contribution in [3.05, 3.63) is 26.9 Å². The quantitative estimate of drug-likeness (QED) is 0.892. The lowest BCUT2D eigenvalue weighted by Gasteiger charge is -2.27. The van der Waals surface area contributed by atoms with E-state index in [1.54, 1.807) is 6.20 Å². The molecule has 0 spiro atoms. The fraction of sp³-hybridized carbons (Fsp3) is 0.545. The zero-order chi connectivity index (χ0) is 11.5. The van der Waals surface area contributed by atoms with Gasteiger partial charge >= 0.3 is 0 Å². The highest BCUT2D eigenvalue weighted by molar-refractivity contribution is 9.11. The first-order valence-electron chi connectivity index (χ1n) is 5.32. The van der Waals surface area contributed by atoms with Gasteiger partial charge in [0.25, 0.3) is 0 Å². The molecule has 1 aromatic rings. The molecule has 2 N–H and O–H groups in total. The Bertz CT molecular complexity index is 367. The topological polar surface area (TPSA) is 48.1 Å². The number of nitrogens with two attached hydrogens (primary N) is 1. The van der Waals surface area contributed by atoms with Crippen LogP contribution in [0.25, 0.3) is 0 Å². The fourth-order valence-electron chi connectivity index (χ4n) is 1.94. The van der Waals surface area contributed by atoms with E-state index in [4.69, 9.17) is 10.5 Å². The average Bonchev–Trinajstić information content (AvgIpc) is 2.29. The molecule has 16 heavy (non-hydrogen) atoms. The smallest absolute Gasteiger partial charge is 0.0717 e. The minimum absolute atomic E-state index is 0.0530. The molecular formula is C11H14Br2N2O. The molecule has 2 atom stereocenters. The van der Waals surface area contributed by atoms with Crippen molar-refractivity contribution < 1.29 is 4.74 Å². The first kappa shape index (κ1) is 12.5. The van der Waals surface area contributed by atoms with E-state index in [1.165, 1.54) is 0 Å². The van der Waals surface area contributed by atoms with Crippen LogP contribution >= 0.6 is 31.9 Å². The predicted octanol–water partition coefficient (Wildman–Crippen LogP) is 3.03. The number of hydrogen-bond donors (Lipinski definition) is 1. The maximum absolute atomic E-state index is 6.23. The Kier molecular flexibility index (Phi) is 4.35. The number of ether oxygens (including phenoxy) is 1. The van der Waals surface area contributed by atoms with Crippen molar-refractivity contribution in [2.75, 3.05) is 13.2 Å². The predicted molar refractivity (Wildman–Crippen MR) is 70.1 cm³/mol. The molecule has 1 aliphatic rings. The Morgan fingerprint density at radius 3 is 2.94 bits per heavy atom. The van der Waals surface area contributed by atoms with Crippen molar-refractivity contribution in [1.29, 1.82) is 0 Å². The largest absolute Gasteiger partial charge is 0.381 e. The molecule has 2 rings (SSSR count). The summed E-state index contributed by atoms with van der Waals surface area (Å²) in [6.45, 7) is 1.60. The average molecular weight is 350 g/mol.